The molecule has 5 nitrogen and oxygen atoms in total. The van der Waals surface area contributed by atoms with Crippen molar-refractivity contribution >= 4 is 5.96 Å². The summed E-state index contributed by atoms with van der Waals surface area (Å²) in [5.74, 6) is 1.02. The van der Waals surface area contributed by atoms with E-state index in [0.29, 0.717) is 12.0 Å². The van der Waals surface area contributed by atoms with Crippen molar-refractivity contribution in [2.24, 2.45) is 10.4 Å². The highest BCUT2D eigenvalue weighted by molar-refractivity contribution is 5.80. The number of benzene rings is 1. The minimum Gasteiger partial charge on any atom is -0.352 e. The van der Waals surface area contributed by atoms with Crippen LogP contribution in [-0.4, -0.2) is 35.6 Å². The lowest BCUT2D eigenvalue weighted by Gasteiger charge is -2.33. The van der Waals surface area contributed by atoms with E-state index in [4.69, 9.17) is 0 Å². The Hall–Kier alpha value is -2.56. The maximum absolute atomic E-state index is 11.9. The standard InChI is InChI=1S/C24H32N4O/c1-25-23(28-16-14-24(19-28)12-4-2-5-13-24)26-17-20-8-10-21(11-9-20)18-27-15-6-3-7-22(27)29/h3,6-11,15H,2,4-5,12-14,16-19H2,1H3,(H,25,26). The van der Waals surface area contributed by atoms with Crippen molar-refractivity contribution in [3.05, 3.63) is 70.1 Å². The fourth-order valence-electron chi connectivity index (χ4n) is 4.89. The smallest absolute Gasteiger partial charge is 0.250 e. The number of rotatable bonds is 4. The number of nitrogens with zero attached hydrogens (tertiary/aromatic N) is 3. The quantitative estimate of drug-likeness (QED) is 0.639. The van der Waals surface area contributed by atoms with Gasteiger partial charge in [-0.1, -0.05) is 49.6 Å². The summed E-state index contributed by atoms with van der Waals surface area (Å²) in [5.41, 5.74) is 2.92. The van der Waals surface area contributed by atoms with Crippen molar-refractivity contribution in [1.82, 2.24) is 14.8 Å². The molecular weight excluding hydrogens is 360 g/mol. The Morgan fingerprint density at radius 2 is 1.79 bits per heavy atom. The Morgan fingerprint density at radius 3 is 2.52 bits per heavy atom. The molecule has 1 saturated heterocycles. The molecule has 2 fully saturated rings. The zero-order valence-corrected chi connectivity index (χ0v) is 17.4. The van der Waals surface area contributed by atoms with Gasteiger partial charge >= 0.3 is 0 Å². The third kappa shape index (κ3) is 4.72. The zero-order chi connectivity index (χ0) is 20.1. The Balaban J connectivity index is 1.32. The maximum Gasteiger partial charge on any atom is 0.250 e. The molecule has 4 rings (SSSR count). The minimum atomic E-state index is 0.0309. The lowest BCUT2D eigenvalue weighted by molar-refractivity contribution is 0.203. The molecule has 29 heavy (non-hydrogen) atoms. The van der Waals surface area contributed by atoms with Crippen LogP contribution in [0.1, 0.15) is 49.7 Å². The molecular formula is C24H32N4O. The second kappa shape index (κ2) is 8.85. The molecule has 1 aromatic heterocycles. The first kappa shape index (κ1) is 19.7. The van der Waals surface area contributed by atoms with Crippen LogP contribution in [0.2, 0.25) is 0 Å². The van der Waals surface area contributed by atoms with E-state index in [2.05, 4.69) is 39.5 Å². The second-order valence-corrected chi connectivity index (χ2v) is 8.62. The van der Waals surface area contributed by atoms with Gasteiger partial charge in [0, 0.05) is 38.9 Å². The van der Waals surface area contributed by atoms with E-state index < -0.39 is 0 Å². The molecule has 1 spiro atoms. The molecule has 1 aromatic carbocycles. The van der Waals surface area contributed by atoms with Crippen molar-refractivity contribution in [2.75, 3.05) is 20.1 Å². The van der Waals surface area contributed by atoms with Crippen LogP contribution in [0, 0.1) is 5.41 Å². The van der Waals surface area contributed by atoms with Gasteiger partial charge in [0.1, 0.15) is 0 Å². The number of aliphatic imine (C=N–C) groups is 1. The van der Waals surface area contributed by atoms with Crippen LogP contribution in [0.25, 0.3) is 0 Å². The average Bonchev–Trinajstić information content (AvgIpc) is 3.15. The van der Waals surface area contributed by atoms with Gasteiger partial charge in [-0.2, -0.15) is 0 Å². The van der Waals surface area contributed by atoms with Gasteiger partial charge in [-0.15, -0.1) is 0 Å². The minimum absolute atomic E-state index is 0.0309. The van der Waals surface area contributed by atoms with Gasteiger partial charge in [0.05, 0.1) is 6.54 Å². The fourth-order valence-corrected chi connectivity index (χ4v) is 4.89. The summed E-state index contributed by atoms with van der Waals surface area (Å²) in [6.45, 7) is 3.63. The monoisotopic (exact) mass is 392 g/mol. The van der Waals surface area contributed by atoms with Gasteiger partial charge in [-0.3, -0.25) is 9.79 Å². The maximum atomic E-state index is 11.9. The van der Waals surface area contributed by atoms with Crippen molar-refractivity contribution < 1.29 is 0 Å². The predicted molar refractivity (Wildman–Crippen MR) is 118 cm³/mol. The largest absolute Gasteiger partial charge is 0.352 e. The highest BCUT2D eigenvalue weighted by Gasteiger charge is 2.39. The summed E-state index contributed by atoms with van der Waals surface area (Å²) in [6.07, 6.45) is 10.1. The summed E-state index contributed by atoms with van der Waals surface area (Å²) < 4.78 is 1.73. The second-order valence-electron chi connectivity index (χ2n) is 8.62. The molecule has 2 aliphatic rings. The van der Waals surface area contributed by atoms with Crippen molar-refractivity contribution in [2.45, 2.75) is 51.6 Å². The molecule has 1 aliphatic heterocycles. The van der Waals surface area contributed by atoms with Crippen LogP contribution >= 0.6 is 0 Å². The molecule has 1 saturated carbocycles. The zero-order valence-electron chi connectivity index (χ0n) is 17.4. The predicted octanol–water partition coefficient (Wildman–Crippen LogP) is 3.63. The molecule has 2 aromatic rings. The third-order valence-corrected chi connectivity index (χ3v) is 6.59. The number of guanidine groups is 1. The number of pyridine rings is 1. The van der Waals surface area contributed by atoms with Crippen molar-refractivity contribution in [1.29, 1.82) is 0 Å². The van der Waals surface area contributed by atoms with E-state index in [1.54, 1.807) is 16.7 Å². The molecule has 154 valence electrons. The number of aromatic nitrogens is 1. The highest BCUT2D eigenvalue weighted by Crippen LogP contribution is 2.43. The third-order valence-electron chi connectivity index (χ3n) is 6.59. The van der Waals surface area contributed by atoms with Gasteiger partial charge in [0.2, 0.25) is 0 Å². The van der Waals surface area contributed by atoms with Gasteiger partial charge < -0.3 is 14.8 Å². The first-order valence-corrected chi connectivity index (χ1v) is 10.9. The van der Waals surface area contributed by atoms with E-state index in [-0.39, 0.29) is 5.56 Å². The molecule has 1 aliphatic carbocycles. The lowest BCUT2D eigenvalue weighted by atomic mass is 9.73. The molecule has 0 unspecified atom stereocenters. The molecule has 0 bridgehead atoms. The first-order valence-electron chi connectivity index (χ1n) is 10.9. The van der Waals surface area contributed by atoms with E-state index in [1.165, 1.54) is 44.1 Å². The molecule has 5 heteroatoms. The van der Waals surface area contributed by atoms with Gasteiger partial charge in [0.15, 0.2) is 5.96 Å². The topological polar surface area (TPSA) is 49.6 Å². The van der Waals surface area contributed by atoms with E-state index >= 15 is 0 Å². The molecule has 0 atom stereocenters. The SMILES string of the molecule is CN=C(NCc1ccc(Cn2ccccc2=O)cc1)N1CCC2(CCCCC2)C1. The first-order chi connectivity index (χ1) is 14.2. The highest BCUT2D eigenvalue weighted by atomic mass is 16.1. The van der Waals surface area contributed by atoms with Gasteiger partial charge in [-0.25, -0.2) is 0 Å². The molecule has 0 radical (unpaired) electrons. The normalized spacial score (nSPS) is 18.9. The van der Waals surface area contributed by atoms with Crippen molar-refractivity contribution in [3.63, 3.8) is 0 Å². The fraction of sp³-hybridized carbons (Fsp3) is 0.500. The summed E-state index contributed by atoms with van der Waals surface area (Å²) in [7, 11) is 1.88. The molecule has 2 heterocycles. The summed E-state index contributed by atoms with van der Waals surface area (Å²) >= 11 is 0. The van der Waals surface area contributed by atoms with Crippen LogP contribution in [0.4, 0.5) is 0 Å². The average molecular weight is 393 g/mol. The van der Waals surface area contributed by atoms with Crippen LogP contribution in [0.5, 0.6) is 0 Å². The number of nitrogens with one attached hydrogen (secondary N) is 1. The number of likely N-dealkylation sites (tertiary alicyclic amines) is 1. The number of hydrogen-bond acceptors (Lipinski definition) is 2. The van der Waals surface area contributed by atoms with Crippen LogP contribution in [0.3, 0.4) is 0 Å². The molecule has 1 N–H and O–H groups in total. The van der Waals surface area contributed by atoms with Crippen LogP contribution in [0.15, 0.2) is 58.4 Å². The summed E-state index contributed by atoms with van der Waals surface area (Å²) in [5, 5.41) is 3.55. The molecule has 0 amide bonds. The van der Waals surface area contributed by atoms with Gasteiger partial charge in [0.25, 0.3) is 5.56 Å². The van der Waals surface area contributed by atoms with Crippen LogP contribution < -0.4 is 10.9 Å². The van der Waals surface area contributed by atoms with E-state index in [9.17, 15) is 4.79 Å². The van der Waals surface area contributed by atoms with Gasteiger partial charge in [-0.05, 0) is 41.9 Å². The lowest BCUT2D eigenvalue weighted by Crippen LogP contribution is -2.41. The Bertz CT molecular complexity index is 894. The van der Waals surface area contributed by atoms with Crippen molar-refractivity contribution in [3.8, 4) is 0 Å². The number of hydrogen-bond donors (Lipinski definition) is 1. The Kier molecular flexibility index (Phi) is 6.02. The van der Waals surface area contributed by atoms with E-state index in [0.717, 1.165) is 31.2 Å². The summed E-state index contributed by atoms with van der Waals surface area (Å²) in [6, 6.07) is 13.7. The van der Waals surface area contributed by atoms with E-state index in [1.807, 2.05) is 19.3 Å². The Morgan fingerprint density at radius 1 is 1.03 bits per heavy atom. The Labute approximate surface area is 173 Å². The summed E-state index contributed by atoms with van der Waals surface area (Å²) in [4.78, 5) is 18.9. The van der Waals surface area contributed by atoms with Crippen LogP contribution in [-0.2, 0) is 13.1 Å².